The van der Waals surface area contributed by atoms with Gasteiger partial charge in [0.15, 0.2) is 0 Å². The van der Waals surface area contributed by atoms with E-state index in [1.807, 2.05) is 6.92 Å². The fourth-order valence-electron chi connectivity index (χ4n) is 1.03. The third-order valence-corrected chi connectivity index (χ3v) is 2.22. The molecule has 15 heavy (non-hydrogen) atoms. The number of rotatable bonds is 4. The lowest BCUT2D eigenvalue weighted by atomic mass is 10.2. The minimum absolute atomic E-state index is 0.0400. The van der Waals surface area contributed by atoms with Crippen molar-refractivity contribution in [3.63, 3.8) is 0 Å². The van der Waals surface area contributed by atoms with Crippen molar-refractivity contribution < 1.29 is 14.6 Å². The first-order valence-electron chi connectivity index (χ1n) is 4.80. The molecule has 1 N–H and O–H groups in total. The predicted molar refractivity (Wildman–Crippen MR) is 58.3 cm³/mol. The van der Waals surface area contributed by atoms with E-state index in [-0.39, 0.29) is 10.8 Å². The highest BCUT2D eigenvalue weighted by Gasteiger charge is 2.08. The number of halogens is 1. The molecule has 0 saturated heterocycles. The van der Waals surface area contributed by atoms with Gasteiger partial charge in [0.25, 0.3) is 0 Å². The zero-order chi connectivity index (χ0) is 11.3. The van der Waals surface area contributed by atoms with E-state index in [0.29, 0.717) is 12.2 Å². The summed E-state index contributed by atoms with van der Waals surface area (Å²) in [5, 5.41) is 9.31. The van der Waals surface area contributed by atoms with Crippen LogP contribution >= 0.6 is 11.6 Å². The van der Waals surface area contributed by atoms with Gasteiger partial charge in [0.2, 0.25) is 0 Å². The van der Waals surface area contributed by atoms with E-state index in [0.717, 1.165) is 12.8 Å². The summed E-state index contributed by atoms with van der Waals surface area (Å²) in [5.74, 6) is -0.452. The van der Waals surface area contributed by atoms with Crippen LogP contribution in [-0.2, 0) is 4.74 Å². The van der Waals surface area contributed by atoms with Gasteiger partial charge in [0.1, 0.15) is 5.75 Å². The molecular weight excluding hydrogens is 216 g/mol. The molecule has 0 heterocycles. The molecule has 0 saturated carbocycles. The van der Waals surface area contributed by atoms with E-state index in [1.165, 1.54) is 18.2 Å². The zero-order valence-electron chi connectivity index (χ0n) is 8.50. The molecule has 4 heteroatoms. The number of carbonyl (C=O) groups excluding carboxylic acids is 1. The van der Waals surface area contributed by atoms with Gasteiger partial charge < -0.3 is 9.84 Å². The van der Waals surface area contributed by atoms with Gasteiger partial charge in [-0.2, -0.15) is 0 Å². The summed E-state index contributed by atoms with van der Waals surface area (Å²) >= 11 is 5.66. The molecular formula is C11H13ClO3. The Morgan fingerprint density at radius 3 is 2.87 bits per heavy atom. The van der Waals surface area contributed by atoms with E-state index in [2.05, 4.69) is 0 Å². The second-order valence-electron chi connectivity index (χ2n) is 3.16. The quantitative estimate of drug-likeness (QED) is 0.637. The van der Waals surface area contributed by atoms with Crippen LogP contribution in [0.3, 0.4) is 0 Å². The van der Waals surface area contributed by atoms with E-state index >= 15 is 0 Å². The van der Waals surface area contributed by atoms with Crippen molar-refractivity contribution in [2.45, 2.75) is 19.8 Å². The largest absolute Gasteiger partial charge is 0.506 e. The average molecular weight is 229 g/mol. The van der Waals surface area contributed by atoms with Crippen LogP contribution in [0.5, 0.6) is 5.75 Å². The summed E-state index contributed by atoms with van der Waals surface area (Å²) in [4.78, 5) is 11.4. The van der Waals surface area contributed by atoms with Gasteiger partial charge in [-0.25, -0.2) is 4.79 Å². The Kier molecular flexibility index (Phi) is 4.43. The molecule has 0 atom stereocenters. The number of benzene rings is 1. The first kappa shape index (κ1) is 11.9. The SMILES string of the molecule is CCCCOC(=O)c1ccc(O)c(Cl)c1. The molecule has 0 bridgehead atoms. The topological polar surface area (TPSA) is 46.5 Å². The molecule has 3 nitrogen and oxygen atoms in total. The lowest BCUT2D eigenvalue weighted by Crippen LogP contribution is -2.06. The van der Waals surface area contributed by atoms with Crippen LogP contribution in [-0.4, -0.2) is 17.7 Å². The fraction of sp³-hybridized carbons (Fsp3) is 0.364. The molecule has 1 rings (SSSR count). The van der Waals surface area contributed by atoms with Crippen LogP contribution in [0, 0.1) is 0 Å². The number of aromatic hydroxyl groups is 1. The van der Waals surface area contributed by atoms with Crippen LogP contribution in [0.4, 0.5) is 0 Å². The maximum Gasteiger partial charge on any atom is 0.338 e. The van der Waals surface area contributed by atoms with Crippen molar-refractivity contribution in [1.82, 2.24) is 0 Å². The Balaban J connectivity index is 2.62. The van der Waals surface area contributed by atoms with Gasteiger partial charge in [-0.05, 0) is 24.6 Å². The van der Waals surface area contributed by atoms with Gasteiger partial charge >= 0.3 is 5.97 Å². The highest BCUT2D eigenvalue weighted by molar-refractivity contribution is 6.32. The van der Waals surface area contributed by atoms with Crippen molar-refractivity contribution in [2.24, 2.45) is 0 Å². The molecule has 0 aliphatic rings. The van der Waals surface area contributed by atoms with E-state index in [9.17, 15) is 4.79 Å². The van der Waals surface area contributed by atoms with Gasteiger partial charge in [0.05, 0.1) is 17.2 Å². The van der Waals surface area contributed by atoms with Crippen LogP contribution < -0.4 is 0 Å². The first-order valence-corrected chi connectivity index (χ1v) is 5.18. The van der Waals surface area contributed by atoms with Crippen LogP contribution in [0.2, 0.25) is 5.02 Å². The number of ether oxygens (including phenoxy) is 1. The first-order chi connectivity index (χ1) is 7.15. The van der Waals surface area contributed by atoms with Gasteiger partial charge in [-0.1, -0.05) is 24.9 Å². The van der Waals surface area contributed by atoms with E-state index < -0.39 is 5.97 Å². The molecule has 82 valence electrons. The highest BCUT2D eigenvalue weighted by Crippen LogP contribution is 2.23. The number of carbonyl (C=O) groups is 1. The summed E-state index contributed by atoms with van der Waals surface area (Å²) in [6, 6.07) is 4.25. The molecule has 1 aromatic carbocycles. The predicted octanol–water partition coefficient (Wildman–Crippen LogP) is 3.00. The lowest BCUT2D eigenvalue weighted by molar-refractivity contribution is 0.0500. The molecule has 0 aliphatic heterocycles. The number of unbranched alkanes of at least 4 members (excludes halogenated alkanes) is 1. The van der Waals surface area contributed by atoms with Crippen molar-refractivity contribution in [1.29, 1.82) is 0 Å². The van der Waals surface area contributed by atoms with Crippen molar-refractivity contribution in [3.05, 3.63) is 28.8 Å². The Hall–Kier alpha value is -1.22. The Bertz CT molecular complexity index is 350. The smallest absolute Gasteiger partial charge is 0.338 e. The van der Waals surface area contributed by atoms with Crippen LogP contribution in [0.15, 0.2) is 18.2 Å². The minimum atomic E-state index is -0.412. The molecule has 0 aliphatic carbocycles. The summed E-state index contributed by atoms with van der Waals surface area (Å²) < 4.78 is 4.98. The van der Waals surface area contributed by atoms with E-state index in [4.69, 9.17) is 21.4 Å². The standard InChI is InChI=1S/C11H13ClO3/c1-2-3-6-15-11(14)8-4-5-10(13)9(12)7-8/h4-5,7,13H,2-3,6H2,1H3. The third-order valence-electron chi connectivity index (χ3n) is 1.91. The number of esters is 1. The maximum absolute atomic E-state index is 11.4. The van der Waals surface area contributed by atoms with Crippen molar-refractivity contribution >= 4 is 17.6 Å². The lowest BCUT2D eigenvalue weighted by Gasteiger charge is -2.04. The molecule has 0 radical (unpaired) electrons. The number of phenolic OH excluding ortho intramolecular Hbond substituents is 1. The molecule has 1 aromatic rings. The monoisotopic (exact) mass is 228 g/mol. The summed E-state index contributed by atoms with van der Waals surface area (Å²) in [6.45, 7) is 2.43. The number of hydrogen-bond donors (Lipinski definition) is 1. The van der Waals surface area contributed by atoms with Crippen molar-refractivity contribution in [2.75, 3.05) is 6.61 Å². The minimum Gasteiger partial charge on any atom is -0.506 e. The third kappa shape index (κ3) is 3.44. The Morgan fingerprint density at radius 2 is 2.27 bits per heavy atom. The highest BCUT2D eigenvalue weighted by atomic mass is 35.5. The normalized spacial score (nSPS) is 10.0. The second-order valence-corrected chi connectivity index (χ2v) is 3.56. The van der Waals surface area contributed by atoms with Gasteiger partial charge in [-0.3, -0.25) is 0 Å². The Labute approximate surface area is 93.6 Å². The number of hydrogen-bond acceptors (Lipinski definition) is 3. The second kappa shape index (κ2) is 5.61. The molecule has 0 aromatic heterocycles. The van der Waals surface area contributed by atoms with Crippen LogP contribution in [0.1, 0.15) is 30.1 Å². The summed E-state index contributed by atoms with van der Waals surface area (Å²) in [6.07, 6.45) is 1.82. The molecule has 0 unspecified atom stereocenters. The summed E-state index contributed by atoms with van der Waals surface area (Å²) in [7, 11) is 0. The Morgan fingerprint density at radius 1 is 1.53 bits per heavy atom. The van der Waals surface area contributed by atoms with Crippen LogP contribution in [0.25, 0.3) is 0 Å². The van der Waals surface area contributed by atoms with Gasteiger partial charge in [-0.15, -0.1) is 0 Å². The summed E-state index contributed by atoms with van der Waals surface area (Å²) in [5.41, 5.74) is 0.355. The average Bonchev–Trinajstić information content (AvgIpc) is 2.22. The van der Waals surface area contributed by atoms with Crippen molar-refractivity contribution in [3.8, 4) is 5.75 Å². The van der Waals surface area contributed by atoms with Gasteiger partial charge in [0, 0.05) is 0 Å². The number of phenols is 1. The maximum atomic E-state index is 11.4. The zero-order valence-corrected chi connectivity index (χ0v) is 9.25. The molecule has 0 amide bonds. The van der Waals surface area contributed by atoms with E-state index in [1.54, 1.807) is 0 Å². The fourth-order valence-corrected chi connectivity index (χ4v) is 1.21. The molecule has 0 fully saturated rings. The molecule has 0 spiro atoms.